The lowest BCUT2D eigenvalue weighted by Gasteiger charge is -2.39. The Labute approximate surface area is 340 Å². The lowest BCUT2D eigenvalue weighted by molar-refractivity contribution is -0.133. The number of aromatic amines is 1. The van der Waals surface area contributed by atoms with E-state index in [4.69, 9.17) is 39.8 Å². The van der Waals surface area contributed by atoms with Crippen molar-refractivity contribution in [2.75, 3.05) is 29.9 Å². The van der Waals surface area contributed by atoms with Crippen LogP contribution >= 0.6 is 34.8 Å². The molecule has 6 aromatic rings. The van der Waals surface area contributed by atoms with Crippen molar-refractivity contribution in [3.05, 3.63) is 123 Å². The number of anilines is 2. The molecule has 2 amide bonds. The van der Waals surface area contributed by atoms with Crippen molar-refractivity contribution in [3.8, 4) is 28.6 Å². The smallest absolute Gasteiger partial charge is 0.272 e. The van der Waals surface area contributed by atoms with Crippen molar-refractivity contribution in [2.24, 2.45) is 0 Å². The molecule has 0 spiro atoms. The van der Waals surface area contributed by atoms with Gasteiger partial charge in [0.15, 0.2) is 0 Å². The first-order valence-electron chi connectivity index (χ1n) is 19.0. The van der Waals surface area contributed by atoms with Crippen LogP contribution in [0.3, 0.4) is 0 Å². The van der Waals surface area contributed by atoms with Crippen LogP contribution in [0.25, 0.3) is 33.4 Å². The van der Waals surface area contributed by atoms with Crippen molar-refractivity contribution in [3.63, 3.8) is 0 Å². The lowest BCUT2D eigenvalue weighted by atomic mass is 9.99. The molecule has 56 heavy (non-hydrogen) atoms. The van der Waals surface area contributed by atoms with Gasteiger partial charge >= 0.3 is 0 Å². The van der Waals surface area contributed by atoms with E-state index in [1.807, 2.05) is 72.2 Å². The Hall–Kier alpha value is -5.27. The summed E-state index contributed by atoms with van der Waals surface area (Å²) in [6, 6.07) is 28.3. The Kier molecular flexibility index (Phi) is 10.8. The summed E-state index contributed by atoms with van der Waals surface area (Å²) in [6.07, 6.45) is 7.14. The molecule has 2 aliphatic heterocycles. The van der Waals surface area contributed by atoms with Gasteiger partial charge in [0.05, 0.1) is 46.8 Å². The molecule has 2 N–H and O–H groups in total. The topological polar surface area (TPSA) is 110 Å². The molecule has 12 heteroatoms. The number of nitriles is 1. The normalized spacial score (nSPS) is 15.8. The molecule has 0 unspecified atom stereocenters. The number of fused-ring (bicyclic) bond motifs is 1. The van der Waals surface area contributed by atoms with Gasteiger partial charge in [-0.1, -0.05) is 83.7 Å². The highest BCUT2D eigenvalue weighted by Crippen LogP contribution is 2.43. The van der Waals surface area contributed by atoms with Crippen LogP contribution in [0.5, 0.6) is 0 Å². The van der Waals surface area contributed by atoms with Gasteiger partial charge in [-0.05, 0) is 80.6 Å². The Balaban J connectivity index is 1.20. The largest absolute Gasteiger partial charge is 0.370 e. The second-order valence-corrected chi connectivity index (χ2v) is 15.8. The van der Waals surface area contributed by atoms with E-state index in [2.05, 4.69) is 26.2 Å². The van der Waals surface area contributed by atoms with Crippen molar-refractivity contribution < 1.29 is 9.59 Å². The van der Waals surface area contributed by atoms with Crippen molar-refractivity contribution in [1.29, 1.82) is 5.26 Å². The summed E-state index contributed by atoms with van der Waals surface area (Å²) in [5, 5.41) is 15.5. The fourth-order valence-electron chi connectivity index (χ4n) is 8.26. The average Bonchev–Trinajstić information content (AvgIpc) is 3.73. The number of aromatic nitrogens is 3. The fraction of sp³-hybridized carbons (Fsp3) is 0.273. The zero-order valence-corrected chi connectivity index (χ0v) is 33.1. The van der Waals surface area contributed by atoms with Gasteiger partial charge in [-0.3, -0.25) is 9.59 Å². The number of imidazole rings is 1. The summed E-state index contributed by atoms with van der Waals surface area (Å²) in [5.41, 5.74) is 6.51. The van der Waals surface area contributed by atoms with E-state index in [0.717, 1.165) is 60.8 Å². The first kappa shape index (κ1) is 37.6. The molecule has 2 aliphatic rings. The SMILES string of the molecule is C[C@@H](c1ccc(Cl)cc1Cl)n1cnc(-c2ccccc2)c1-c1c(C(=O)Nc2cc(C#N)ccc2N2CCC(N3CCCCCC3=O)CC2)[nH]c2cc(Cl)ccc12. The number of rotatable bonds is 8. The van der Waals surface area contributed by atoms with Crippen LogP contribution in [0.1, 0.15) is 73.1 Å². The third-order valence-electron chi connectivity index (χ3n) is 11.1. The number of carbonyl (C=O) groups is 2. The van der Waals surface area contributed by atoms with Crippen molar-refractivity contribution >= 4 is 68.9 Å². The molecule has 0 radical (unpaired) electrons. The maximum Gasteiger partial charge on any atom is 0.272 e. The second kappa shape index (κ2) is 16.1. The predicted octanol–water partition coefficient (Wildman–Crippen LogP) is 10.8. The molecule has 0 saturated carbocycles. The summed E-state index contributed by atoms with van der Waals surface area (Å²) in [5.74, 6) is -0.136. The Bertz CT molecular complexity index is 2480. The molecule has 2 aromatic heterocycles. The molecule has 4 aromatic carbocycles. The van der Waals surface area contributed by atoms with Crippen LogP contribution in [0.15, 0.2) is 91.3 Å². The van der Waals surface area contributed by atoms with E-state index >= 15 is 0 Å². The van der Waals surface area contributed by atoms with Gasteiger partial charge in [-0.25, -0.2) is 4.98 Å². The standard InChI is InChI=1S/C44H40Cl3N7O2/c1-27(33-14-12-30(45)23-35(33)47)54-26-49-41(29-8-4-2-5-9-29)43(54)40-34-15-13-31(46)24-36(34)50-42(40)44(56)51-37-22-28(25-48)11-16-38(37)52-20-17-32(18-21-52)53-19-7-3-6-10-39(53)55/h2,4-5,8-9,11-16,22-24,26-27,32,50H,3,6-7,10,17-21H2,1H3,(H,51,56)/t27-/m0/s1. The Morgan fingerprint density at radius 3 is 2.46 bits per heavy atom. The first-order valence-corrected chi connectivity index (χ1v) is 20.1. The maximum absolute atomic E-state index is 14.9. The monoisotopic (exact) mass is 803 g/mol. The molecule has 1 atom stereocenters. The zero-order valence-electron chi connectivity index (χ0n) is 30.9. The zero-order chi connectivity index (χ0) is 38.9. The van der Waals surface area contributed by atoms with Crippen LogP contribution < -0.4 is 10.2 Å². The van der Waals surface area contributed by atoms with E-state index in [0.29, 0.717) is 74.0 Å². The van der Waals surface area contributed by atoms with Gasteiger partial charge in [0.1, 0.15) is 5.69 Å². The minimum Gasteiger partial charge on any atom is -0.370 e. The number of likely N-dealkylation sites (tertiary alicyclic amines) is 1. The van der Waals surface area contributed by atoms with Gasteiger partial charge < -0.3 is 24.7 Å². The Morgan fingerprint density at radius 1 is 0.929 bits per heavy atom. The highest BCUT2D eigenvalue weighted by atomic mass is 35.5. The van der Waals surface area contributed by atoms with Gasteiger partial charge in [-0.15, -0.1) is 0 Å². The van der Waals surface area contributed by atoms with Crippen LogP contribution in [-0.4, -0.2) is 56.9 Å². The number of halogens is 3. The second-order valence-electron chi connectivity index (χ2n) is 14.5. The van der Waals surface area contributed by atoms with Crippen LogP contribution in [0.4, 0.5) is 11.4 Å². The number of benzene rings is 4. The quantitative estimate of drug-likeness (QED) is 0.159. The maximum atomic E-state index is 14.9. The van der Waals surface area contributed by atoms with Gasteiger partial charge in [-0.2, -0.15) is 5.26 Å². The third-order valence-corrected chi connectivity index (χ3v) is 11.9. The van der Waals surface area contributed by atoms with Crippen molar-refractivity contribution in [2.45, 2.75) is 57.5 Å². The third kappa shape index (κ3) is 7.37. The Morgan fingerprint density at radius 2 is 1.70 bits per heavy atom. The molecule has 2 saturated heterocycles. The van der Waals surface area contributed by atoms with E-state index in [1.54, 1.807) is 30.6 Å². The molecule has 9 nitrogen and oxygen atoms in total. The number of amides is 2. The van der Waals surface area contributed by atoms with Crippen LogP contribution in [0, 0.1) is 11.3 Å². The first-order chi connectivity index (χ1) is 27.2. The number of nitrogens with one attached hydrogen (secondary N) is 2. The van der Waals surface area contributed by atoms with Gasteiger partial charge in [0.2, 0.25) is 5.91 Å². The summed E-state index contributed by atoms with van der Waals surface area (Å²) >= 11 is 19.6. The number of hydrogen-bond acceptors (Lipinski definition) is 5. The van der Waals surface area contributed by atoms with E-state index in [1.165, 1.54) is 0 Å². The number of nitrogens with zero attached hydrogens (tertiary/aromatic N) is 5. The van der Waals surface area contributed by atoms with E-state index in [9.17, 15) is 14.9 Å². The number of carbonyl (C=O) groups excluding carboxylic acids is 2. The molecule has 0 aliphatic carbocycles. The highest BCUT2D eigenvalue weighted by molar-refractivity contribution is 6.35. The van der Waals surface area contributed by atoms with Crippen LogP contribution in [-0.2, 0) is 4.79 Å². The van der Waals surface area contributed by atoms with Crippen LogP contribution in [0.2, 0.25) is 15.1 Å². The van der Waals surface area contributed by atoms with Crippen molar-refractivity contribution in [1.82, 2.24) is 19.4 Å². The van der Waals surface area contributed by atoms with Gasteiger partial charge in [0.25, 0.3) is 5.91 Å². The van der Waals surface area contributed by atoms with Gasteiger partial charge in [0, 0.05) is 69.2 Å². The predicted molar refractivity (Wildman–Crippen MR) is 225 cm³/mol. The summed E-state index contributed by atoms with van der Waals surface area (Å²) in [4.78, 5) is 40.4. The average molecular weight is 805 g/mol. The summed E-state index contributed by atoms with van der Waals surface area (Å²) in [7, 11) is 0. The molecular weight excluding hydrogens is 765 g/mol. The molecule has 2 fully saturated rings. The van der Waals surface area contributed by atoms with E-state index < -0.39 is 5.91 Å². The lowest BCUT2D eigenvalue weighted by Crippen LogP contribution is -2.47. The highest BCUT2D eigenvalue weighted by Gasteiger charge is 2.31. The molecule has 4 heterocycles. The number of piperidine rings is 1. The number of H-pyrrole nitrogens is 1. The molecule has 284 valence electrons. The summed E-state index contributed by atoms with van der Waals surface area (Å²) in [6.45, 7) is 4.27. The summed E-state index contributed by atoms with van der Waals surface area (Å²) < 4.78 is 2.03. The van der Waals surface area contributed by atoms with E-state index in [-0.39, 0.29) is 18.0 Å². The molecular formula is C44H40Cl3N7O2. The molecule has 8 rings (SSSR count). The minimum atomic E-state index is -0.391. The minimum absolute atomic E-state index is 0.197. The molecule has 0 bridgehead atoms. The fourth-order valence-corrected chi connectivity index (χ4v) is 9.00. The number of hydrogen-bond donors (Lipinski definition) is 2.